The Labute approximate surface area is 128 Å². The van der Waals surface area contributed by atoms with Crippen LogP contribution in [0.15, 0.2) is 18.2 Å². The molecule has 0 aliphatic carbocycles. The van der Waals surface area contributed by atoms with Crippen molar-refractivity contribution in [2.75, 3.05) is 38.0 Å². The zero-order valence-electron chi connectivity index (χ0n) is 12.8. The van der Waals surface area contributed by atoms with Crippen molar-refractivity contribution < 1.29 is 19.1 Å². The maximum atomic E-state index is 11.9. The molecular weight excluding hydrogens is 286 g/mol. The summed E-state index contributed by atoms with van der Waals surface area (Å²) in [7, 11) is 4.70. The Kier molecular flexibility index (Phi) is 3.56. The molecule has 3 rings (SSSR count). The molecule has 2 atom stereocenters. The van der Waals surface area contributed by atoms with E-state index in [1.54, 1.807) is 4.90 Å². The first kappa shape index (κ1) is 14.5. The molecule has 1 aromatic carbocycles. The van der Waals surface area contributed by atoms with Gasteiger partial charge in [0.15, 0.2) is 0 Å². The summed E-state index contributed by atoms with van der Waals surface area (Å²) in [4.78, 5) is 27.1. The van der Waals surface area contributed by atoms with Crippen LogP contribution in [-0.4, -0.2) is 51.1 Å². The topological polar surface area (TPSA) is 71.1 Å². The van der Waals surface area contributed by atoms with Crippen LogP contribution in [0.5, 0.6) is 0 Å². The number of anilines is 2. The quantitative estimate of drug-likeness (QED) is 0.861. The van der Waals surface area contributed by atoms with Gasteiger partial charge in [-0.1, -0.05) is 0 Å². The number of fused-ring (bicyclic) bond motifs is 3. The summed E-state index contributed by atoms with van der Waals surface area (Å²) >= 11 is 0. The Morgan fingerprint density at radius 1 is 1.27 bits per heavy atom. The van der Waals surface area contributed by atoms with Crippen LogP contribution < -0.4 is 10.2 Å². The fourth-order valence-corrected chi connectivity index (χ4v) is 3.45. The molecule has 0 aromatic heterocycles. The molecule has 2 unspecified atom stereocenters. The number of carbonyl (C=O) groups is 2. The second-order valence-corrected chi connectivity index (χ2v) is 5.47. The molecule has 0 saturated carbocycles. The van der Waals surface area contributed by atoms with Gasteiger partial charge in [-0.15, -0.1) is 0 Å². The molecule has 2 aliphatic rings. The third-order valence-corrected chi connectivity index (χ3v) is 4.40. The summed E-state index contributed by atoms with van der Waals surface area (Å²) < 4.78 is 9.48. The summed E-state index contributed by atoms with van der Waals surface area (Å²) in [6, 6.07) is 5.73. The summed E-state index contributed by atoms with van der Waals surface area (Å²) in [6.07, 6.45) is 0.0417. The van der Waals surface area contributed by atoms with E-state index in [2.05, 4.69) is 15.0 Å². The lowest BCUT2D eigenvalue weighted by atomic mass is 9.98. The highest BCUT2D eigenvalue weighted by Crippen LogP contribution is 2.47. The van der Waals surface area contributed by atoms with Crippen molar-refractivity contribution in [3.63, 3.8) is 0 Å². The van der Waals surface area contributed by atoms with Gasteiger partial charge in [0.1, 0.15) is 6.17 Å². The van der Waals surface area contributed by atoms with Crippen molar-refractivity contribution in [2.24, 2.45) is 0 Å². The summed E-state index contributed by atoms with van der Waals surface area (Å²) in [5, 5.41) is 2.68. The van der Waals surface area contributed by atoms with Crippen LogP contribution in [0.2, 0.25) is 0 Å². The molecule has 7 nitrogen and oxygen atoms in total. The Hall–Kier alpha value is -2.44. The number of nitrogens with zero attached hydrogens (tertiary/aromatic N) is 2. The van der Waals surface area contributed by atoms with Crippen LogP contribution in [0.4, 0.5) is 21.0 Å². The number of rotatable bonds is 1. The van der Waals surface area contributed by atoms with E-state index < -0.39 is 6.09 Å². The average Bonchev–Trinajstić information content (AvgIpc) is 3.07. The highest BCUT2D eigenvalue weighted by atomic mass is 16.5. The van der Waals surface area contributed by atoms with Gasteiger partial charge in [-0.05, 0) is 30.2 Å². The van der Waals surface area contributed by atoms with Gasteiger partial charge in [0.05, 0.1) is 14.2 Å². The molecule has 2 aliphatic heterocycles. The van der Waals surface area contributed by atoms with E-state index in [4.69, 9.17) is 4.74 Å². The average molecular weight is 305 g/mol. The largest absolute Gasteiger partial charge is 0.453 e. The Balaban J connectivity index is 1.89. The zero-order chi connectivity index (χ0) is 15.9. The van der Waals surface area contributed by atoms with E-state index in [9.17, 15) is 9.59 Å². The summed E-state index contributed by atoms with van der Waals surface area (Å²) in [6.45, 7) is 0.667. The van der Waals surface area contributed by atoms with Gasteiger partial charge >= 0.3 is 12.2 Å². The maximum absolute atomic E-state index is 11.9. The second-order valence-electron chi connectivity index (χ2n) is 5.47. The molecule has 0 bridgehead atoms. The Morgan fingerprint density at radius 3 is 2.73 bits per heavy atom. The van der Waals surface area contributed by atoms with E-state index >= 15 is 0 Å². The van der Waals surface area contributed by atoms with Gasteiger partial charge in [0, 0.05) is 30.9 Å². The fraction of sp³-hybridized carbons (Fsp3) is 0.467. The molecule has 2 heterocycles. The Morgan fingerprint density at radius 2 is 2.05 bits per heavy atom. The number of carbonyl (C=O) groups excluding carboxylic acids is 2. The molecule has 7 heteroatoms. The van der Waals surface area contributed by atoms with E-state index in [1.807, 2.05) is 25.2 Å². The SMILES string of the molecule is COC(=O)Nc1ccc2c(c1)C1CCN(C(=O)OC)C1N2C. The predicted molar refractivity (Wildman–Crippen MR) is 81.1 cm³/mol. The molecule has 1 saturated heterocycles. The fourth-order valence-electron chi connectivity index (χ4n) is 3.45. The van der Waals surface area contributed by atoms with Crippen molar-refractivity contribution in [1.82, 2.24) is 4.90 Å². The number of likely N-dealkylation sites (tertiary alicyclic amines) is 1. The van der Waals surface area contributed by atoms with Gasteiger partial charge in [-0.2, -0.15) is 0 Å². The first-order valence-corrected chi connectivity index (χ1v) is 7.13. The number of amides is 2. The number of methoxy groups -OCH3 is 2. The molecule has 0 spiro atoms. The van der Waals surface area contributed by atoms with Crippen molar-refractivity contribution in [2.45, 2.75) is 18.5 Å². The smallest absolute Gasteiger partial charge is 0.411 e. The molecule has 22 heavy (non-hydrogen) atoms. The molecule has 2 amide bonds. The Bertz CT molecular complexity index is 619. The standard InChI is InChI=1S/C15H19N3O4/c1-17-12-5-4-9(16-14(19)21-2)8-11(12)10-6-7-18(13(10)17)15(20)22-3/h4-5,8,10,13H,6-7H2,1-3H3,(H,16,19). The number of hydrogen-bond acceptors (Lipinski definition) is 5. The molecule has 0 radical (unpaired) electrons. The lowest BCUT2D eigenvalue weighted by Crippen LogP contribution is -2.45. The second kappa shape index (κ2) is 5.40. The summed E-state index contributed by atoms with van der Waals surface area (Å²) in [5.41, 5.74) is 2.89. The molecule has 1 fully saturated rings. The van der Waals surface area contributed by atoms with Crippen LogP contribution in [0.1, 0.15) is 17.9 Å². The summed E-state index contributed by atoms with van der Waals surface area (Å²) in [5.74, 6) is 0.221. The first-order valence-electron chi connectivity index (χ1n) is 7.13. The number of likely N-dealkylation sites (N-methyl/N-ethyl adjacent to an activating group) is 1. The van der Waals surface area contributed by atoms with Gasteiger partial charge < -0.3 is 14.4 Å². The monoisotopic (exact) mass is 305 g/mol. The van der Waals surface area contributed by atoms with Gasteiger partial charge in [-0.3, -0.25) is 10.2 Å². The van der Waals surface area contributed by atoms with E-state index in [-0.39, 0.29) is 18.2 Å². The van der Waals surface area contributed by atoms with E-state index in [1.165, 1.54) is 14.2 Å². The first-order chi connectivity index (χ1) is 10.6. The number of hydrogen-bond donors (Lipinski definition) is 1. The molecule has 1 aromatic rings. The van der Waals surface area contributed by atoms with Crippen LogP contribution in [0, 0.1) is 0 Å². The third-order valence-electron chi connectivity index (χ3n) is 4.40. The van der Waals surface area contributed by atoms with Crippen molar-refractivity contribution >= 4 is 23.6 Å². The minimum Gasteiger partial charge on any atom is -0.453 e. The minimum absolute atomic E-state index is 0.0316. The molecule has 1 N–H and O–H groups in total. The van der Waals surface area contributed by atoms with Crippen molar-refractivity contribution in [1.29, 1.82) is 0 Å². The highest BCUT2D eigenvalue weighted by molar-refractivity contribution is 5.85. The van der Waals surface area contributed by atoms with Crippen molar-refractivity contribution in [3.05, 3.63) is 23.8 Å². The minimum atomic E-state index is -0.495. The number of ether oxygens (including phenoxy) is 2. The molecular formula is C15H19N3O4. The maximum Gasteiger partial charge on any atom is 0.411 e. The zero-order valence-corrected chi connectivity index (χ0v) is 12.8. The van der Waals surface area contributed by atoms with Crippen LogP contribution in [-0.2, 0) is 9.47 Å². The van der Waals surface area contributed by atoms with Gasteiger partial charge in [0.25, 0.3) is 0 Å². The molecule has 118 valence electrons. The predicted octanol–water partition coefficient (Wildman–Crippen LogP) is 2.20. The number of nitrogens with one attached hydrogen (secondary N) is 1. The number of benzene rings is 1. The van der Waals surface area contributed by atoms with E-state index in [0.29, 0.717) is 12.2 Å². The third kappa shape index (κ3) is 2.13. The van der Waals surface area contributed by atoms with Gasteiger partial charge in [0.2, 0.25) is 0 Å². The van der Waals surface area contributed by atoms with E-state index in [0.717, 1.165) is 17.7 Å². The van der Waals surface area contributed by atoms with Gasteiger partial charge in [-0.25, -0.2) is 9.59 Å². The van der Waals surface area contributed by atoms with Crippen LogP contribution >= 0.6 is 0 Å². The lowest BCUT2D eigenvalue weighted by molar-refractivity contribution is 0.118. The normalized spacial score (nSPS) is 22.1. The van der Waals surface area contributed by atoms with Crippen LogP contribution in [0.25, 0.3) is 0 Å². The van der Waals surface area contributed by atoms with Crippen molar-refractivity contribution in [3.8, 4) is 0 Å². The highest BCUT2D eigenvalue weighted by Gasteiger charge is 2.46. The van der Waals surface area contributed by atoms with Crippen LogP contribution in [0.3, 0.4) is 0 Å². The lowest BCUT2D eigenvalue weighted by Gasteiger charge is -2.30.